The van der Waals surface area contributed by atoms with Crippen molar-refractivity contribution in [3.05, 3.63) is 54.3 Å². The van der Waals surface area contributed by atoms with Gasteiger partial charge in [-0.2, -0.15) is 0 Å². The SMILES string of the molecule is CN=C(NCC1CCN(c2cccc(OC)c2)C1)N1CCN(c2ccc(F)cc2)CC1.I. The summed E-state index contributed by atoms with van der Waals surface area (Å²) in [5, 5.41) is 3.59. The second kappa shape index (κ2) is 11.6. The highest BCUT2D eigenvalue weighted by Gasteiger charge is 2.25. The van der Waals surface area contributed by atoms with Gasteiger partial charge < -0.3 is 24.8 Å². The van der Waals surface area contributed by atoms with Gasteiger partial charge in [0.25, 0.3) is 0 Å². The van der Waals surface area contributed by atoms with E-state index in [9.17, 15) is 4.39 Å². The molecule has 0 aromatic heterocycles. The van der Waals surface area contributed by atoms with Gasteiger partial charge in [0.05, 0.1) is 7.11 Å². The van der Waals surface area contributed by atoms with Gasteiger partial charge in [0.15, 0.2) is 5.96 Å². The second-order valence-corrected chi connectivity index (χ2v) is 8.18. The van der Waals surface area contributed by atoms with Crippen LogP contribution in [0.1, 0.15) is 6.42 Å². The Labute approximate surface area is 207 Å². The first kappa shape index (κ1) is 24.4. The van der Waals surface area contributed by atoms with Crippen LogP contribution in [0.25, 0.3) is 0 Å². The first-order valence-corrected chi connectivity index (χ1v) is 11.0. The highest BCUT2D eigenvalue weighted by atomic mass is 127. The summed E-state index contributed by atoms with van der Waals surface area (Å²) in [4.78, 5) is 11.6. The van der Waals surface area contributed by atoms with Gasteiger partial charge in [-0.15, -0.1) is 24.0 Å². The van der Waals surface area contributed by atoms with E-state index >= 15 is 0 Å². The molecule has 2 aliphatic rings. The molecule has 2 aromatic rings. The third kappa shape index (κ3) is 5.96. The van der Waals surface area contributed by atoms with Crippen molar-refractivity contribution in [3.63, 3.8) is 0 Å². The molecule has 2 aliphatic heterocycles. The number of guanidine groups is 1. The summed E-state index contributed by atoms with van der Waals surface area (Å²) in [6.07, 6.45) is 1.17. The van der Waals surface area contributed by atoms with Crippen molar-refractivity contribution < 1.29 is 9.13 Å². The van der Waals surface area contributed by atoms with Crippen molar-refractivity contribution >= 4 is 41.3 Å². The normalized spacial score (nSPS) is 19.0. The molecule has 8 heteroatoms. The number of methoxy groups -OCH3 is 1. The lowest BCUT2D eigenvalue weighted by Crippen LogP contribution is -2.53. The van der Waals surface area contributed by atoms with E-state index in [1.54, 1.807) is 7.11 Å². The first-order valence-electron chi connectivity index (χ1n) is 11.0. The number of aliphatic imine (C=N–C) groups is 1. The van der Waals surface area contributed by atoms with Crippen molar-refractivity contribution in [1.82, 2.24) is 10.2 Å². The lowest BCUT2D eigenvalue weighted by atomic mass is 10.1. The third-order valence-corrected chi connectivity index (χ3v) is 6.24. The molecule has 0 aliphatic carbocycles. The number of ether oxygens (including phenoxy) is 1. The van der Waals surface area contributed by atoms with E-state index in [-0.39, 0.29) is 29.8 Å². The van der Waals surface area contributed by atoms with Crippen molar-refractivity contribution in [3.8, 4) is 5.75 Å². The van der Waals surface area contributed by atoms with Crippen molar-refractivity contribution in [2.75, 3.05) is 69.8 Å². The molecule has 0 radical (unpaired) electrons. The predicted octanol–water partition coefficient (Wildman–Crippen LogP) is 3.68. The molecular formula is C24H33FIN5O. The van der Waals surface area contributed by atoms with Crippen LogP contribution < -0.4 is 19.9 Å². The maximum absolute atomic E-state index is 13.2. The molecule has 4 rings (SSSR count). The molecule has 2 saturated heterocycles. The summed E-state index contributed by atoms with van der Waals surface area (Å²) in [5.41, 5.74) is 2.30. The number of halogens is 2. The smallest absolute Gasteiger partial charge is 0.193 e. The van der Waals surface area contributed by atoms with Gasteiger partial charge >= 0.3 is 0 Å². The first-order chi connectivity index (χ1) is 15.2. The Morgan fingerprint density at radius 3 is 2.47 bits per heavy atom. The highest BCUT2D eigenvalue weighted by molar-refractivity contribution is 14.0. The van der Waals surface area contributed by atoms with Crippen molar-refractivity contribution in [1.29, 1.82) is 0 Å². The monoisotopic (exact) mass is 553 g/mol. The summed E-state index contributed by atoms with van der Waals surface area (Å²) >= 11 is 0. The molecule has 1 N–H and O–H groups in total. The van der Waals surface area contributed by atoms with Gasteiger partial charge in [0.1, 0.15) is 11.6 Å². The molecule has 174 valence electrons. The summed E-state index contributed by atoms with van der Waals surface area (Å²) in [6, 6.07) is 15.1. The summed E-state index contributed by atoms with van der Waals surface area (Å²) < 4.78 is 18.5. The van der Waals surface area contributed by atoms with E-state index in [1.165, 1.54) is 24.2 Å². The van der Waals surface area contributed by atoms with E-state index in [4.69, 9.17) is 4.74 Å². The molecule has 2 aromatic carbocycles. The van der Waals surface area contributed by atoms with Crippen LogP contribution in [0, 0.1) is 11.7 Å². The van der Waals surface area contributed by atoms with Gasteiger partial charge in [-0.3, -0.25) is 4.99 Å². The third-order valence-electron chi connectivity index (χ3n) is 6.24. The van der Waals surface area contributed by atoms with Crippen LogP contribution in [-0.2, 0) is 0 Å². The van der Waals surface area contributed by atoms with Crippen molar-refractivity contribution in [2.45, 2.75) is 6.42 Å². The number of rotatable bonds is 5. The zero-order chi connectivity index (χ0) is 21.6. The fourth-order valence-electron chi connectivity index (χ4n) is 4.44. The molecule has 1 unspecified atom stereocenters. The maximum Gasteiger partial charge on any atom is 0.193 e. The number of hydrogen-bond donors (Lipinski definition) is 1. The second-order valence-electron chi connectivity index (χ2n) is 8.18. The molecule has 1 atom stereocenters. The number of nitrogens with one attached hydrogen (secondary N) is 1. The quantitative estimate of drug-likeness (QED) is 0.348. The largest absolute Gasteiger partial charge is 0.497 e. The molecule has 2 heterocycles. The number of piperazine rings is 1. The minimum absolute atomic E-state index is 0. The summed E-state index contributed by atoms with van der Waals surface area (Å²) in [7, 11) is 3.56. The Hall–Kier alpha value is -2.23. The predicted molar refractivity (Wildman–Crippen MR) is 140 cm³/mol. The Morgan fingerprint density at radius 2 is 1.78 bits per heavy atom. The topological polar surface area (TPSA) is 43.3 Å². The molecule has 0 bridgehead atoms. The van der Waals surface area contributed by atoms with Crippen LogP contribution in [0.15, 0.2) is 53.5 Å². The van der Waals surface area contributed by atoms with Gasteiger partial charge in [-0.1, -0.05) is 6.07 Å². The molecule has 2 fully saturated rings. The van der Waals surface area contributed by atoms with Gasteiger partial charge in [-0.25, -0.2) is 4.39 Å². The van der Waals surface area contributed by atoms with Crippen LogP contribution in [0.5, 0.6) is 5.75 Å². The Bertz CT molecular complexity index is 886. The lowest BCUT2D eigenvalue weighted by molar-refractivity contribution is 0.369. The average molecular weight is 553 g/mol. The standard InChI is InChI=1S/C24H32FN5O.HI/c1-26-24(29-14-12-28(13-15-29)21-8-6-20(25)7-9-21)27-17-19-10-11-30(18-19)22-4-3-5-23(16-22)31-2;/h3-9,16,19H,10-15,17-18H2,1-2H3,(H,26,27);1H. The Morgan fingerprint density at radius 1 is 1.03 bits per heavy atom. The van der Waals surface area contributed by atoms with E-state index in [0.717, 1.165) is 63.2 Å². The Balaban J connectivity index is 0.00000289. The molecule has 0 spiro atoms. The fourth-order valence-corrected chi connectivity index (χ4v) is 4.44. The minimum Gasteiger partial charge on any atom is -0.497 e. The number of nitrogens with zero attached hydrogens (tertiary/aromatic N) is 4. The minimum atomic E-state index is -0.191. The maximum atomic E-state index is 13.2. The van der Waals surface area contributed by atoms with Crippen LogP contribution in [-0.4, -0.2) is 70.8 Å². The van der Waals surface area contributed by atoms with Crippen LogP contribution in [0.3, 0.4) is 0 Å². The van der Waals surface area contributed by atoms with E-state index in [1.807, 2.05) is 31.3 Å². The zero-order valence-electron chi connectivity index (χ0n) is 18.8. The molecule has 0 amide bonds. The summed E-state index contributed by atoms with van der Waals surface area (Å²) in [6.45, 7) is 6.63. The van der Waals surface area contributed by atoms with Gasteiger partial charge in [0, 0.05) is 70.3 Å². The van der Waals surface area contributed by atoms with Crippen LogP contribution in [0.4, 0.5) is 15.8 Å². The fraction of sp³-hybridized carbons (Fsp3) is 0.458. The number of benzene rings is 2. The molecule has 0 saturated carbocycles. The van der Waals surface area contributed by atoms with Gasteiger partial charge in [0.2, 0.25) is 0 Å². The highest BCUT2D eigenvalue weighted by Crippen LogP contribution is 2.26. The van der Waals surface area contributed by atoms with Crippen LogP contribution in [0.2, 0.25) is 0 Å². The van der Waals surface area contributed by atoms with Crippen LogP contribution >= 0.6 is 24.0 Å². The number of hydrogen-bond acceptors (Lipinski definition) is 4. The molecular weight excluding hydrogens is 520 g/mol. The molecule has 6 nitrogen and oxygen atoms in total. The van der Waals surface area contributed by atoms with E-state index < -0.39 is 0 Å². The number of anilines is 2. The van der Waals surface area contributed by atoms with Crippen molar-refractivity contribution in [2.24, 2.45) is 10.9 Å². The Kier molecular flexibility index (Phi) is 8.84. The molecule has 32 heavy (non-hydrogen) atoms. The van der Waals surface area contributed by atoms with E-state index in [2.05, 4.69) is 37.1 Å². The van der Waals surface area contributed by atoms with E-state index in [0.29, 0.717) is 5.92 Å². The zero-order valence-corrected chi connectivity index (χ0v) is 21.2. The summed E-state index contributed by atoms with van der Waals surface area (Å²) in [5.74, 6) is 2.27. The average Bonchev–Trinajstić information content (AvgIpc) is 3.30. The van der Waals surface area contributed by atoms with Gasteiger partial charge in [-0.05, 0) is 48.7 Å². The lowest BCUT2D eigenvalue weighted by Gasteiger charge is -2.38.